The number of rotatable bonds is 6. The van der Waals surface area contributed by atoms with Gasteiger partial charge in [-0.3, -0.25) is 4.79 Å². The van der Waals surface area contributed by atoms with E-state index in [9.17, 15) is 18.0 Å². The molecule has 0 aromatic heterocycles. The highest BCUT2D eigenvalue weighted by atomic mass is 32.2. The molecule has 0 radical (unpaired) electrons. The van der Waals surface area contributed by atoms with Crippen molar-refractivity contribution in [3.63, 3.8) is 0 Å². The number of hydrogen-bond acceptors (Lipinski definition) is 4. The minimum absolute atomic E-state index is 0.195. The molecule has 0 aromatic rings. The first-order valence-corrected chi connectivity index (χ1v) is 7.30. The third kappa shape index (κ3) is 3.69. The van der Waals surface area contributed by atoms with E-state index in [1.54, 1.807) is 13.8 Å². The fourth-order valence-electron chi connectivity index (χ4n) is 1.31. The molecule has 0 heterocycles. The van der Waals surface area contributed by atoms with E-state index in [0.717, 1.165) is 6.26 Å². The largest absolute Gasteiger partial charge is 0.480 e. The molecule has 0 aliphatic rings. The zero-order valence-electron chi connectivity index (χ0n) is 10.5. The second-order valence-corrected chi connectivity index (χ2v) is 6.42. The minimum atomic E-state index is -3.52. The highest BCUT2D eigenvalue weighted by Crippen LogP contribution is 2.16. The molecule has 1 atom stereocenters. The van der Waals surface area contributed by atoms with Crippen molar-refractivity contribution in [3.05, 3.63) is 0 Å². The van der Waals surface area contributed by atoms with Gasteiger partial charge in [-0.25, -0.2) is 13.2 Å². The van der Waals surface area contributed by atoms with Crippen molar-refractivity contribution in [1.82, 2.24) is 5.32 Å². The molecule has 0 aromatic carbocycles. The molecule has 7 heteroatoms. The molecular weight excluding hydrogens is 246 g/mol. The van der Waals surface area contributed by atoms with Crippen molar-refractivity contribution in [1.29, 1.82) is 0 Å². The van der Waals surface area contributed by atoms with E-state index in [0.29, 0.717) is 0 Å². The number of carboxylic acid groups (broad SMARTS) is 1. The highest BCUT2D eigenvalue weighted by molar-refractivity contribution is 7.92. The van der Waals surface area contributed by atoms with Crippen LogP contribution in [0.3, 0.4) is 0 Å². The van der Waals surface area contributed by atoms with Crippen LogP contribution in [0.4, 0.5) is 0 Å². The van der Waals surface area contributed by atoms with Crippen LogP contribution in [-0.2, 0) is 19.4 Å². The molecule has 17 heavy (non-hydrogen) atoms. The quantitative estimate of drug-likeness (QED) is 0.713. The van der Waals surface area contributed by atoms with Gasteiger partial charge in [-0.05, 0) is 19.8 Å². The number of hydrogen-bond donors (Lipinski definition) is 2. The number of carbonyl (C=O) groups excluding carboxylic acids is 1. The van der Waals surface area contributed by atoms with Crippen molar-refractivity contribution in [2.24, 2.45) is 0 Å². The number of carbonyl (C=O) groups is 2. The predicted octanol–water partition coefficient (Wildman–Crippen LogP) is 0.179. The predicted molar refractivity (Wildman–Crippen MR) is 63.4 cm³/mol. The Hall–Kier alpha value is -1.11. The Morgan fingerprint density at radius 1 is 1.29 bits per heavy atom. The van der Waals surface area contributed by atoms with Crippen LogP contribution in [0.25, 0.3) is 0 Å². The summed E-state index contributed by atoms with van der Waals surface area (Å²) in [5.41, 5.74) is -1.39. The second-order valence-electron chi connectivity index (χ2n) is 4.06. The van der Waals surface area contributed by atoms with Gasteiger partial charge in [0.05, 0.1) is 0 Å². The first-order valence-electron chi connectivity index (χ1n) is 5.35. The van der Waals surface area contributed by atoms with Crippen LogP contribution in [0, 0.1) is 0 Å². The number of amides is 1. The van der Waals surface area contributed by atoms with Crippen molar-refractivity contribution in [2.75, 3.05) is 6.26 Å². The third-order valence-corrected chi connectivity index (χ3v) is 4.49. The molecule has 0 aliphatic carbocycles. The van der Waals surface area contributed by atoms with Gasteiger partial charge in [0.2, 0.25) is 5.91 Å². The van der Waals surface area contributed by atoms with E-state index in [2.05, 4.69) is 5.32 Å². The Morgan fingerprint density at radius 2 is 1.71 bits per heavy atom. The van der Waals surface area contributed by atoms with Crippen molar-refractivity contribution in [3.8, 4) is 0 Å². The highest BCUT2D eigenvalue weighted by Gasteiger charge is 2.38. The van der Waals surface area contributed by atoms with Crippen LogP contribution in [0.2, 0.25) is 0 Å². The zero-order chi connectivity index (χ0) is 13.9. The monoisotopic (exact) mass is 265 g/mol. The fraction of sp³-hybridized carbons (Fsp3) is 0.800. The molecule has 0 saturated heterocycles. The topological polar surface area (TPSA) is 101 Å². The summed E-state index contributed by atoms with van der Waals surface area (Å²) in [5.74, 6) is -1.94. The van der Waals surface area contributed by atoms with E-state index in [-0.39, 0.29) is 12.8 Å². The maximum absolute atomic E-state index is 11.7. The van der Waals surface area contributed by atoms with E-state index >= 15 is 0 Å². The van der Waals surface area contributed by atoms with E-state index in [1.165, 1.54) is 6.92 Å². The second kappa shape index (κ2) is 5.48. The van der Waals surface area contributed by atoms with Crippen LogP contribution in [0.15, 0.2) is 0 Å². The van der Waals surface area contributed by atoms with Crippen molar-refractivity contribution in [2.45, 2.75) is 44.4 Å². The van der Waals surface area contributed by atoms with Crippen LogP contribution < -0.4 is 5.32 Å². The van der Waals surface area contributed by atoms with Crippen molar-refractivity contribution < 1.29 is 23.1 Å². The number of nitrogens with one attached hydrogen (secondary N) is 1. The molecular formula is C10H19NO5S. The Labute approximate surface area is 101 Å². The van der Waals surface area contributed by atoms with Gasteiger partial charge in [-0.1, -0.05) is 13.8 Å². The maximum atomic E-state index is 11.7. The number of carboxylic acids is 1. The summed E-state index contributed by atoms with van der Waals surface area (Å²) in [5, 5.41) is 10.2. The lowest BCUT2D eigenvalue weighted by Crippen LogP contribution is -2.56. The fourth-order valence-corrected chi connectivity index (χ4v) is 1.76. The van der Waals surface area contributed by atoms with Gasteiger partial charge in [0.25, 0.3) is 0 Å². The summed E-state index contributed by atoms with van der Waals surface area (Å²) < 4.78 is 22.4. The van der Waals surface area contributed by atoms with Crippen molar-refractivity contribution >= 4 is 21.7 Å². The first-order chi connectivity index (χ1) is 7.60. The van der Waals surface area contributed by atoms with E-state index in [4.69, 9.17) is 5.11 Å². The Bertz CT molecular complexity index is 397. The average molecular weight is 265 g/mol. The van der Waals surface area contributed by atoms with E-state index < -0.39 is 32.5 Å². The summed E-state index contributed by atoms with van der Waals surface area (Å²) >= 11 is 0. The molecule has 0 spiro atoms. The SMILES string of the molecule is CCC(CC)(NC(=O)C(C)S(C)(=O)=O)C(=O)O. The normalized spacial score (nSPS) is 14.1. The van der Waals surface area contributed by atoms with Crippen LogP contribution >= 0.6 is 0 Å². The first kappa shape index (κ1) is 15.9. The molecule has 0 bridgehead atoms. The Morgan fingerprint density at radius 3 is 1.94 bits per heavy atom. The smallest absolute Gasteiger partial charge is 0.329 e. The maximum Gasteiger partial charge on any atom is 0.329 e. The molecule has 100 valence electrons. The van der Waals surface area contributed by atoms with Gasteiger partial charge in [-0.15, -0.1) is 0 Å². The van der Waals surface area contributed by atoms with Crippen LogP contribution in [0.5, 0.6) is 0 Å². The van der Waals surface area contributed by atoms with Gasteiger partial charge >= 0.3 is 5.97 Å². The van der Waals surface area contributed by atoms with Crippen LogP contribution in [0.1, 0.15) is 33.6 Å². The number of aliphatic carboxylic acids is 1. The molecule has 0 saturated carbocycles. The van der Waals surface area contributed by atoms with Gasteiger partial charge in [0.1, 0.15) is 10.8 Å². The zero-order valence-corrected chi connectivity index (χ0v) is 11.3. The van der Waals surface area contributed by atoms with Gasteiger partial charge in [-0.2, -0.15) is 0 Å². The summed E-state index contributed by atoms with van der Waals surface area (Å²) in [4.78, 5) is 22.8. The molecule has 2 N–H and O–H groups in total. The van der Waals surface area contributed by atoms with Gasteiger partial charge in [0, 0.05) is 6.26 Å². The lowest BCUT2D eigenvalue weighted by molar-refractivity contribution is -0.148. The number of sulfone groups is 1. The van der Waals surface area contributed by atoms with Crippen LogP contribution in [-0.4, -0.2) is 42.4 Å². The molecule has 6 nitrogen and oxygen atoms in total. The Balaban J connectivity index is 5.05. The summed E-state index contributed by atoms with van der Waals surface area (Å²) in [6, 6.07) is 0. The average Bonchev–Trinajstić information content (AvgIpc) is 2.22. The summed E-state index contributed by atoms with van der Waals surface area (Å²) in [6.45, 7) is 4.49. The van der Waals surface area contributed by atoms with E-state index in [1.807, 2.05) is 0 Å². The summed E-state index contributed by atoms with van der Waals surface area (Å²) in [6.07, 6.45) is 1.33. The minimum Gasteiger partial charge on any atom is -0.480 e. The lowest BCUT2D eigenvalue weighted by atomic mass is 9.93. The lowest BCUT2D eigenvalue weighted by Gasteiger charge is -2.29. The summed E-state index contributed by atoms with van der Waals surface area (Å²) in [7, 11) is -3.52. The van der Waals surface area contributed by atoms with Gasteiger partial charge in [0.15, 0.2) is 9.84 Å². The molecule has 1 unspecified atom stereocenters. The standard InChI is InChI=1S/C10H19NO5S/c1-5-10(6-2,9(13)14)11-8(12)7(3)17(4,15)16/h7H,5-6H2,1-4H3,(H,11,12)(H,13,14). The third-order valence-electron chi connectivity index (χ3n) is 2.99. The van der Waals surface area contributed by atoms with Gasteiger partial charge < -0.3 is 10.4 Å². The molecule has 0 fully saturated rings. The molecule has 1 amide bonds. The molecule has 0 aliphatic heterocycles. The molecule has 0 rings (SSSR count). The Kier molecular flexibility index (Phi) is 5.12.